The molecule has 0 unspecified atom stereocenters. The van der Waals surface area contributed by atoms with Crippen LogP contribution in [-0.2, 0) is 0 Å². The fourth-order valence-electron chi connectivity index (χ4n) is 0.907. The first-order valence-electron chi connectivity index (χ1n) is 4.43. The summed E-state index contributed by atoms with van der Waals surface area (Å²) in [6.45, 7) is 4.23. The minimum atomic E-state index is -0.244. The average Bonchev–Trinajstić information content (AvgIpc) is 2.18. The maximum atomic E-state index is 11.4. The number of hydrogen-bond acceptors (Lipinski definition) is 3. The molecule has 4 nitrogen and oxygen atoms in total. The maximum Gasteiger partial charge on any atom is 0.289 e. The Morgan fingerprint density at radius 2 is 2.43 bits per heavy atom. The van der Waals surface area contributed by atoms with Crippen LogP contribution in [0.1, 0.15) is 23.2 Å². The summed E-state index contributed by atoms with van der Waals surface area (Å²) in [6, 6.07) is 1.75. The number of carbonyl (C=O) groups excluding carboxylic acids is 1. The molecule has 0 aliphatic heterocycles. The fraction of sp³-hybridized carbons (Fsp3) is 0.300. The molecule has 1 amide bonds. The smallest absolute Gasteiger partial charge is 0.289 e. The van der Waals surface area contributed by atoms with Crippen LogP contribution in [0.5, 0.6) is 0 Å². The molecule has 1 rings (SSSR count). The number of allylic oxidation sites excluding steroid dienone is 1. The molecule has 0 bridgehead atoms. The van der Waals surface area contributed by atoms with Crippen LogP contribution in [0.3, 0.4) is 0 Å². The van der Waals surface area contributed by atoms with Crippen LogP contribution in [-0.4, -0.2) is 22.4 Å². The van der Waals surface area contributed by atoms with Crippen molar-refractivity contribution in [1.82, 2.24) is 15.3 Å². The Bertz CT molecular complexity index is 347. The third kappa shape index (κ3) is 2.97. The molecule has 1 aromatic rings. The third-order valence-corrected chi connectivity index (χ3v) is 1.61. The number of hydrogen-bond donors (Lipinski definition) is 1. The predicted molar refractivity (Wildman–Crippen MR) is 53.9 cm³/mol. The zero-order valence-electron chi connectivity index (χ0n) is 8.32. The molecule has 14 heavy (non-hydrogen) atoms. The summed E-state index contributed by atoms with van der Waals surface area (Å²) < 4.78 is 0. The Balaban J connectivity index is 2.60. The monoisotopic (exact) mass is 191 g/mol. The Labute approximate surface area is 83.1 Å². The Kier molecular flexibility index (Phi) is 3.79. The molecule has 74 valence electrons. The molecule has 0 spiro atoms. The molecule has 1 N–H and O–H groups in total. The van der Waals surface area contributed by atoms with Gasteiger partial charge in [0.25, 0.3) is 5.91 Å². The molecular formula is C10H13N3O. The fourth-order valence-corrected chi connectivity index (χ4v) is 0.907. The molecule has 1 aromatic heterocycles. The van der Waals surface area contributed by atoms with E-state index in [9.17, 15) is 4.79 Å². The zero-order valence-corrected chi connectivity index (χ0v) is 8.32. The number of aromatic nitrogens is 2. The molecule has 0 atom stereocenters. The van der Waals surface area contributed by atoms with Gasteiger partial charge in [0.1, 0.15) is 0 Å². The number of rotatable bonds is 3. The molecule has 0 aliphatic rings. The Morgan fingerprint density at radius 3 is 3.07 bits per heavy atom. The molecule has 0 radical (unpaired) electrons. The summed E-state index contributed by atoms with van der Waals surface area (Å²) >= 11 is 0. The minimum Gasteiger partial charge on any atom is -0.346 e. The van der Waals surface area contributed by atoms with Gasteiger partial charge in [-0.2, -0.15) is 0 Å². The first-order valence-corrected chi connectivity index (χ1v) is 4.43. The van der Waals surface area contributed by atoms with Crippen LogP contribution >= 0.6 is 0 Å². The van der Waals surface area contributed by atoms with Crippen molar-refractivity contribution in [3.8, 4) is 0 Å². The number of carbonyl (C=O) groups is 1. The highest BCUT2D eigenvalue weighted by molar-refractivity contribution is 5.90. The van der Waals surface area contributed by atoms with Crippen molar-refractivity contribution in [2.45, 2.75) is 13.8 Å². The molecular weight excluding hydrogens is 178 g/mol. The van der Waals surface area contributed by atoms with Crippen molar-refractivity contribution >= 4 is 5.91 Å². The summed E-state index contributed by atoms with van der Waals surface area (Å²) in [7, 11) is 0. The van der Waals surface area contributed by atoms with Crippen LogP contribution < -0.4 is 5.32 Å². The quantitative estimate of drug-likeness (QED) is 0.728. The van der Waals surface area contributed by atoms with Gasteiger partial charge in [-0.1, -0.05) is 12.2 Å². The van der Waals surface area contributed by atoms with E-state index in [-0.39, 0.29) is 11.7 Å². The van der Waals surface area contributed by atoms with Crippen molar-refractivity contribution in [1.29, 1.82) is 0 Å². The Hall–Kier alpha value is -1.71. The predicted octanol–water partition coefficient (Wildman–Crippen LogP) is 1.09. The second-order valence-electron chi connectivity index (χ2n) is 2.80. The Morgan fingerprint density at radius 1 is 1.64 bits per heavy atom. The van der Waals surface area contributed by atoms with E-state index in [2.05, 4.69) is 15.3 Å². The highest BCUT2D eigenvalue weighted by Crippen LogP contribution is 1.92. The number of nitrogens with zero attached hydrogens (tertiary/aromatic N) is 2. The van der Waals surface area contributed by atoms with Gasteiger partial charge in [-0.25, -0.2) is 9.97 Å². The lowest BCUT2D eigenvalue weighted by atomic mass is 10.4. The summed E-state index contributed by atoms with van der Waals surface area (Å²) in [5.41, 5.74) is 0.788. The van der Waals surface area contributed by atoms with Gasteiger partial charge < -0.3 is 5.32 Å². The average molecular weight is 191 g/mol. The van der Waals surface area contributed by atoms with Gasteiger partial charge in [0.2, 0.25) is 5.82 Å². The van der Waals surface area contributed by atoms with Gasteiger partial charge in [0.15, 0.2) is 0 Å². The standard InChI is InChI=1S/C10H13N3O/c1-3-4-6-12-10(14)9-11-7-5-8(2)13-9/h3-5,7H,6H2,1-2H3,(H,12,14)/b4-3+. The van der Waals surface area contributed by atoms with E-state index in [1.807, 2.05) is 26.0 Å². The highest BCUT2D eigenvalue weighted by atomic mass is 16.2. The van der Waals surface area contributed by atoms with Crippen molar-refractivity contribution in [2.24, 2.45) is 0 Å². The zero-order chi connectivity index (χ0) is 10.4. The van der Waals surface area contributed by atoms with Crippen LogP contribution in [0.4, 0.5) is 0 Å². The summed E-state index contributed by atoms with van der Waals surface area (Å²) in [5, 5.41) is 2.68. The van der Waals surface area contributed by atoms with E-state index in [0.29, 0.717) is 6.54 Å². The summed E-state index contributed by atoms with van der Waals surface area (Å²) in [4.78, 5) is 19.3. The molecule has 0 aromatic carbocycles. The third-order valence-electron chi connectivity index (χ3n) is 1.61. The number of aryl methyl sites for hydroxylation is 1. The minimum absolute atomic E-state index is 0.217. The van der Waals surface area contributed by atoms with E-state index >= 15 is 0 Å². The number of amides is 1. The van der Waals surface area contributed by atoms with Crippen molar-refractivity contribution in [3.63, 3.8) is 0 Å². The van der Waals surface area contributed by atoms with Gasteiger partial charge in [0.05, 0.1) is 0 Å². The van der Waals surface area contributed by atoms with Crippen LogP contribution in [0.2, 0.25) is 0 Å². The largest absolute Gasteiger partial charge is 0.346 e. The first kappa shape index (κ1) is 10.4. The number of nitrogens with one attached hydrogen (secondary N) is 1. The first-order chi connectivity index (χ1) is 6.74. The van der Waals surface area contributed by atoms with Crippen molar-refractivity contribution in [3.05, 3.63) is 35.9 Å². The highest BCUT2D eigenvalue weighted by Gasteiger charge is 2.06. The van der Waals surface area contributed by atoms with Crippen LogP contribution in [0.25, 0.3) is 0 Å². The van der Waals surface area contributed by atoms with Gasteiger partial charge in [-0.3, -0.25) is 4.79 Å². The second kappa shape index (κ2) is 5.11. The normalized spacial score (nSPS) is 10.4. The van der Waals surface area contributed by atoms with Crippen molar-refractivity contribution in [2.75, 3.05) is 6.54 Å². The van der Waals surface area contributed by atoms with Gasteiger partial charge >= 0.3 is 0 Å². The van der Waals surface area contributed by atoms with Crippen molar-refractivity contribution < 1.29 is 4.79 Å². The van der Waals surface area contributed by atoms with Crippen LogP contribution in [0, 0.1) is 6.92 Å². The van der Waals surface area contributed by atoms with E-state index in [1.54, 1.807) is 12.3 Å². The summed E-state index contributed by atoms with van der Waals surface area (Å²) in [5.74, 6) is -0.0266. The molecule has 4 heteroatoms. The molecule has 0 aliphatic carbocycles. The molecule has 0 fully saturated rings. The maximum absolute atomic E-state index is 11.4. The van der Waals surface area contributed by atoms with E-state index in [0.717, 1.165) is 5.69 Å². The molecule has 0 saturated heterocycles. The van der Waals surface area contributed by atoms with E-state index < -0.39 is 0 Å². The van der Waals surface area contributed by atoms with Gasteiger partial charge in [0, 0.05) is 18.4 Å². The van der Waals surface area contributed by atoms with Crippen LogP contribution in [0.15, 0.2) is 24.4 Å². The second-order valence-corrected chi connectivity index (χ2v) is 2.80. The van der Waals surface area contributed by atoms with E-state index in [1.165, 1.54) is 0 Å². The molecule has 1 heterocycles. The lowest BCUT2D eigenvalue weighted by molar-refractivity contribution is 0.0947. The lowest BCUT2D eigenvalue weighted by Gasteiger charge is -2.00. The van der Waals surface area contributed by atoms with Gasteiger partial charge in [-0.15, -0.1) is 0 Å². The topological polar surface area (TPSA) is 54.9 Å². The lowest BCUT2D eigenvalue weighted by Crippen LogP contribution is -2.25. The van der Waals surface area contributed by atoms with E-state index in [4.69, 9.17) is 0 Å². The molecule has 0 saturated carbocycles. The van der Waals surface area contributed by atoms with Gasteiger partial charge in [-0.05, 0) is 19.9 Å². The summed E-state index contributed by atoms with van der Waals surface area (Å²) in [6.07, 6.45) is 5.30. The SMILES string of the molecule is C/C=C/CNC(=O)c1nccc(C)n1.